The summed E-state index contributed by atoms with van der Waals surface area (Å²) in [6, 6.07) is 24.6. The SMILES string of the molecule is O=[N+]([O-])c1ccc(N2NC(c3ccccc3)NN2c2ccc(I)cc2)cc1. The lowest BCUT2D eigenvalue weighted by molar-refractivity contribution is -0.384. The molecule has 27 heavy (non-hydrogen) atoms. The molecule has 3 aromatic rings. The van der Waals surface area contributed by atoms with Crippen LogP contribution >= 0.6 is 22.6 Å². The van der Waals surface area contributed by atoms with Gasteiger partial charge in [0.2, 0.25) is 0 Å². The van der Waals surface area contributed by atoms with Gasteiger partial charge < -0.3 is 0 Å². The lowest BCUT2D eigenvalue weighted by atomic mass is 10.2. The van der Waals surface area contributed by atoms with Gasteiger partial charge in [-0.05, 0) is 64.6 Å². The number of benzene rings is 3. The summed E-state index contributed by atoms with van der Waals surface area (Å²) in [7, 11) is 0. The number of nitro groups is 1. The highest BCUT2D eigenvalue weighted by molar-refractivity contribution is 14.1. The van der Waals surface area contributed by atoms with Crippen molar-refractivity contribution in [2.45, 2.75) is 6.17 Å². The Kier molecular flexibility index (Phi) is 4.92. The summed E-state index contributed by atoms with van der Waals surface area (Å²) in [4.78, 5) is 10.5. The first-order valence-electron chi connectivity index (χ1n) is 8.29. The zero-order valence-corrected chi connectivity index (χ0v) is 16.3. The van der Waals surface area contributed by atoms with E-state index < -0.39 is 4.92 Å². The van der Waals surface area contributed by atoms with Gasteiger partial charge in [-0.25, -0.2) is 10.2 Å². The largest absolute Gasteiger partial charge is 0.269 e. The average Bonchev–Trinajstić information content (AvgIpc) is 3.15. The molecule has 1 unspecified atom stereocenters. The van der Waals surface area contributed by atoms with Gasteiger partial charge in [0, 0.05) is 15.7 Å². The molecule has 1 aliphatic heterocycles. The summed E-state index contributed by atoms with van der Waals surface area (Å²) >= 11 is 2.27. The fraction of sp³-hybridized carbons (Fsp3) is 0.0526. The first-order chi connectivity index (χ1) is 13.1. The van der Waals surface area contributed by atoms with E-state index in [-0.39, 0.29) is 11.9 Å². The van der Waals surface area contributed by atoms with E-state index in [2.05, 4.69) is 33.4 Å². The molecule has 4 rings (SSSR count). The molecule has 7 nitrogen and oxygen atoms in total. The second-order valence-corrected chi connectivity index (χ2v) is 7.22. The van der Waals surface area contributed by atoms with Crippen LogP contribution < -0.4 is 21.1 Å². The summed E-state index contributed by atoms with van der Waals surface area (Å²) in [5, 5.41) is 14.7. The molecular weight excluding hydrogens is 457 g/mol. The van der Waals surface area contributed by atoms with Gasteiger partial charge in [0.15, 0.2) is 0 Å². The van der Waals surface area contributed by atoms with Crippen LogP contribution in [0, 0.1) is 13.7 Å². The van der Waals surface area contributed by atoms with E-state index in [1.807, 2.05) is 64.8 Å². The summed E-state index contributed by atoms with van der Waals surface area (Å²) in [6.45, 7) is 0. The molecule has 136 valence electrons. The second kappa shape index (κ2) is 7.51. The maximum Gasteiger partial charge on any atom is 0.269 e. The number of hydrogen-bond donors (Lipinski definition) is 2. The van der Waals surface area contributed by atoms with Crippen LogP contribution in [0.2, 0.25) is 0 Å². The molecule has 0 bridgehead atoms. The maximum absolute atomic E-state index is 10.9. The number of non-ortho nitro benzene ring substituents is 1. The third-order valence-corrected chi connectivity index (χ3v) is 4.93. The number of nitro benzene ring substituents is 1. The first-order valence-corrected chi connectivity index (χ1v) is 9.37. The summed E-state index contributed by atoms with van der Waals surface area (Å²) in [5.74, 6) is 0. The third-order valence-electron chi connectivity index (χ3n) is 4.21. The molecular formula is C19H16IN5O2. The van der Waals surface area contributed by atoms with E-state index >= 15 is 0 Å². The number of nitrogens with zero attached hydrogens (tertiary/aromatic N) is 3. The molecule has 1 fully saturated rings. The predicted octanol–water partition coefficient (Wildman–Crippen LogP) is 4.15. The summed E-state index contributed by atoms with van der Waals surface area (Å²) < 4.78 is 1.14. The molecule has 1 heterocycles. The molecule has 1 atom stereocenters. The van der Waals surface area contributed by atoms with Gasteiger partial charge in [0.05, 0.1) is 16.3 Å². The Morgan fingerprint density at radius 2 is 1.33 bits per heavy atom. The average molecular weight is 473 g/mol. The highest BCUT2D eigenvalue weighted by atomic mass is 127. The molecule has 2 N–H and O–H groups in total. The number of nitrogens with one attached hydrogen (secondary N) is 2. The number of halogens is 1. The molecule has 1 aliphatic rings. The second-order valence-electron chi connectivity index (χ2n) is 5.98. The Balaban J connectivity index is 1.69. The Hall–Kier alpha value is -2.69. The van der Waals surface area contributed by atoms with E-state index in [9.17, 15) is 10.1 Å². The summed E-state index contributed by atoms with van der Waals surface area (Å²) in [5.41, 5.74) is 9.72. The Bertz CT molecular complexity index is 935. The quantitative estimate of drug-likeness (QED) is 0.337. The van der Waals surface area contributed by atoms with Crippen molar-refractivity contribution in [3.63, 3.8) is 0 Å². The molecule has 0 saturated carbocycles. The van der Waals surface area contributed by atoms with Crippen LogP contribution in [0.25, 0.3) is 0 Å². The van der Waals surface area contributed by atoms with Gasteiger partial charge in [-0.3, -0.25) is 10.1 Å². The van der Waals surface area contributed by atoms with Crippen LogP contribution in [0.1, 0.15) is 11.7 Å². The molecule has 0 radical (unpaired) electrons. The first kappa shape index (κ1) is 17.7. The molecule has 0 spiro atoms. The van der Waals surface area contributed by atoms with Gasteiger partial charge in [0.25, 0.3) is 5.69 Å². The molecule has 1 saturated heterocycles. The summed E-state index contributed by atoms with van der Waals surface area (Å²) in [6.07, 6.45) is -0.138. The van der Waals surface area contributed by atoms with E-state index in [0.717, 1.165) is 20.5 Å². The standard InChI is InChI=1S/C19H16IN5O2/c20-15-6-8-16(9-7-15)23-21-19(14-4-2-1-3-5-14)22-24(23)17-10-12-18(13-11-17)25(26)27/h1-13,19,21-22H. The fourth-order valence-electron chi connectivity index (χ4n) is 2.86. The van der Waals surface area contributed by atoms with E-state index in [1.165, 1.54) is 12.1 Å². The minimum atomic E-state index is -0.400. The van der Waals surface area contributed by atoms with Crippen LogP contribution in [-0.4, -0.2) is 4.92 Å². The highest BCUT2D eigenvalue weighted by Crippen LogP contribution is 2.29. The number of rotatable bonds is 4. The van der Waals surface area contributed by atoms with Crippen molar-refractivity contribution in [2.75, 3.05) is 10.2 Å². The van der Waals surface area contributed by atoms with Crippen LogP contribution in [0.5, 0.6) is 0 Å². The minimum Gasteiger partial charge on any atom is -0.258 e. The smallest absolute Gasteiger partial charge is 0.258 e. The third kappa shape index (κ3) is 3.72. The van der Waals surface area contributed by atoms with Gasteiger partial charge in [-0.15, -0.1) is 0 Å². The lowest BCUT2D eigenvalue weighted by Gasteiger charge is -2.29. The Labute approximate surface area is 169 Å². The van der Waals surface area contributed by atoms with Crippen molar-refractivity contribution in [1.29, 1.82) is 0 Å². The van der Waals surface area contributed by atoms with Gasteiger partial charge in [-0.2, -0.15) is 10.9 Å². The number of anilines is 2. The van der Waals surface area contributed by atoms with Crippen molar-refractivity contribution < 1.29 is 4.92 Å². The van der Waals surface area contributed by atoms with Gasteiger partial charge in [-0.1, -0.05) is 30.3 Å². The Morgan fingerprint density at radius 1 is 0.815 bits per heavy atom. The minimum absolute atomic E-state index is 0.0614. The lowest BCUT2D eigenvalue weighted by Crippen LogP contribution is -2.45. The number of hydrazine groups is 3. The number of hydrogen-bond acceptors (Lipinski definition) is 6. The predicted molar refractivity (Wildman–Crippen MR) is 113 cm³/mol. The van der Waals surface area contributed by atoms with E-state index in [4.69, 9.17) is 0 Å². The molecule has 8 heteroatoms. The van der Waals surface area contributed by atoms with Crippen molar-refractivity contribution in [3.05, 3.63) is 98.1 Å². The zero-order chi connectivity index (χ0) is 18.8. The van der Waals surface area contributed by atoms with Crippen molar-refractivity contribution in [3.8, 4) is 0 Å². The van der Waals surface area contributed by atoms with E-state index in [0.29, 0.717) is 0 Å². The topological polar surface area (TPSA) is 73.7 Å². The van der Waals surface area contributed by atoms with Gasteiger partial charge in [0.1, 0.15) is 6.17 Å². The van der Waals surface area contributed by atoms with Crippen LogP contribution in [0.3, 0.4) is 0 Å². The van der Waals surface area contributed by atoms with Crippen LogP contribution in [0.15, 0.2) is 78.9 Å². The maximum atomic E-state index is 10.9. The van der Waals surface area contributed by atoms with Crippen molar-refractivity contribution in [2.24, 2.45) is 0 Å². The van der Waals surface area contributed by atoms with Crippen molar-refractivity contribution in [1.82, 2.24) is 10.9 Å². The van der Waals surface area contributed by atoms with Crippen LogP contribution in [-0.2, 0) is 0 Å². The Morgan fingerprint density at radius 3 is 1.85 bits per heavy atom. The molecule has 0 amide bonds. The van der Waals surface area contributed by atoms with Gasteiger partial charge >= 0.3 is 0 Å². The molecule has 0 aromatic heterocycles. The highest BCUT2D eigenvalue weighted by Gasteiger charge is 2.31. The van der Waals surface area contributed by atoms with E-state index in [1.54, 1.807) is 12.1 Å². The zero-order valence-electron chi connectivity index (χ0n) is 14.1. The fourth-order valence-corrected chi connectivity index (χ4v) is 3.22. The normalized spacial score (nSPS) is 16.6. The van der Waals surface area contributed by atoms with Crippen LogP contribution in [0.4, 0.5) is 17.1 Å². The monoisotopic (exact) mass is 473 g/mol. The molecule has 0 aliphatic carbocycles. The molecule has 3 aromatic carbocycles. The van der Waals surface area contributed by atoms with Crippen molar-refractivity contribution >= 4 is 39.7 Å².